The van der Waals surface area contributed by atoms with Crippen molar-refractivity contribution in [3.8, 4) is 0 Å². The van der Waals surface area contributed by atoms with Crippen LogP contribution in [-0.2, 0) is 0 Å². The van der Waals surface area contributed by atoms with Crippen LogP contribution in [0, 0.1) is 11.3 Å². The van der Waals surface area contributed by atoms with Crippen molar-refractivity contribution in [1.29, 1.82) is 0 Å². The summed E-state index contributed by atoms with van der Waals surface area (Å²) in [5.74, 6) is 0.160. The third kappa shape index (κ3) is 2.59. The highest BCUT2D eigenvalue weighted by Crippen LogP contribution is 2.43. The fourth-order valence-corrected chi connectivity index (χ4v) is 2.32. The average Bonchev–Trinajstić information content (AvgIpc) is 2.48. The second-order valence-corrected chi connectivity index (χ2v) is 5.17. The van der Waals surface area contributed by atoms with Crippen molar-refractivity contribution in [2.24, 2.45) is 11.3 Å². The molecule has 2 atom stereocenters. The van der Waals surface area contributed by atoms with Gasteiger partial charge in [-0.1, -0.05) is 32.4 Å². The van der Waals surface area contributed by atoms with Crippen LogP contribution >= 0.6 is 0 Å². The fraction of sp³-hybridized carbons (Fsp3) is 0.846. The summed E-state index contributed by atoms with van der Waals surface area (Å²) >= 11 is 0. The SMILES string of the molecule is CC[C@]1(C[C@@H](F)C(C)C)C=C(C)CC1. The van der Waals surface area contributed by atoms with E-state index < -0.39 is 6.17 Å². The lowest BCUT2D eigenvalue weighted by Gasteiger charge is -2.28. The Labute approximate surface area is 87.6 Å². The van der Waals surface area contributed by atoms with Crippen LogP contribution in [0.25, 0.3) is 0 Å². The number of hydrogen-bond acceptors (Lipinski definition) is 0. The lowest BCUT2D eigenvalue weighted by Crippen LogP contribution is -2.23. The van der Waals surface area contributed by atoms with Gasteiger partial charge in [0.2, 0.25) is 0 Å². The molecule has 0 heterocycles. The van der Waals surface area contributed by atoms with E-state index in [1.807, 2.05) is 13.8 Å². The van der Waals surface area contributed by atoms with Crippen LogP contribution < -0.4 is 0 Å². The topological polar surface area (TPSA) is 0 Å². The monoisotopic (exact) mass is 198 g/mol. The van der Waals surface area contributed by atoms with E-state index in [0.29, 0.717) is 0 Å². The lowest BCUT2D eigenvalue weighted by atomic mass is 9.78. The summed E-state index contributed by atoms with van der Waals surface area (Å²) in [5.41, 5.74) is 1.62. The maximum Gasteiger partial charge on any atom is 0.103 e. The van der Waals surface area contributed by atoms with Gasteiger partial charge in [-0.25, -0.2) is 4.39 Å². The largest absolute Gasteiger partial charge is 0.247 e. The molecule has 14 heavy (non-hydrogen) atoms. The van der Waals surface area contributed by atoms with Crippen molar-refractivity contribution in [3.63, 3.8) is 0 Å². The molecule has 0 aromatic rings. The molecule has 0 saturated carbocycles. The molecular weight excluding hydrogens is 175 g/mol. The molecule has 0 spiro atoms. The molecule has 0 fully saturated rings. The van der Waals surface area contributed by atoms with Crippen molar-refractivity contribution in [2.75, 3.05) is 0 Å². The van der Waals surface area contributed by atoms with Crippen molar-refractivity contribution < 1.29 is 4.39 Å². The lowest BCUT2D eigenvalue weighted by molar-refractivity contribution is 0.166. The first-order valence-electron chi connectivity index (χ1n) is 5.81. The molecule has 0 nitrogen and oxygen atoms in total. The molecule has 0 aromatic carbocycles. The van der Waals surface area contributed by atoms with Gasteiger partial charge in [-0.05, 0) is 43.9 Å². The predicted octanol–water partition coefficient (Wildman–Crippen LogP) is 4.51. The highest BCUT2D eigenvalue weighted by molar-refractivity contribution is 5.15. The van der Waals surface area contributed by atoms with Crippen LogP contribution in [0.4, 0.5) is 4.39 Å². The van der Waals surface area contributed by atoms with Gasteiger partial charge in [0, 0.05) is 0 Å². The van der Waals surface area contributed by atoms with E-state index in [1.165, 1.54) is 12.0 Å². The Morgan fingerprint density at radius 3 is 2.50 bits per heavy atom. The van der Waals surface area contributed by atoms with Crippen LogP contribution in [0.15, 0.2) is 11.6 Å². The highest BCUT2D eigenvalue weighted by Gasteiger charge is 2.33. The number of allylic oxidation sites excluding steroid dienone is 2. The van der Waals surface area contributed by atoms with E-state index in [4.69, 9.17) is 0 Å². The van der Waals surface area contributed by atoms with Crippen molar-refractivity contribution in [2.45, 2.75) is 59.5 Å². The van der Waals surface area contributed by atoms with Gasteiger partial charge in [-0.15, -0.1) is 0 Å². The van der Waals surface area contributed by atoms with Crippen molar-refractivity contribution >= 4 is 0 Å². The number of rotatable bonds is 4. The molecule has 1 aliphatic rings. The first-order valence-corrected chi connectivity index (χ1v) is 5.81. The van der Waals surface area contributed by atoms with Gasteiger partial charge in [0.05, 0.1) is 0 Å². The van der Waals surface area contributed by atoms with E-state index >= 15 is 0 Å². The van der Waals surface area contributed by atoms with Crippen LogP contribution in [0.2, 0.25) is 0 Å². The third-order valence-electron chi connectivity index (χ3n) is 3.60. The molecule has 0 N–H and O–H groups in total. The summed E-state index contributed by atoms with van der Waals surface area (Å²) in [6.45, 7) is 8.29. The van der Waals surface area contributed by atoms with E-state index in [0.717, 1.165) is 19.3 Å². The molecule has 0 saturated heterocycles. The van der Waals surface area contributed by atoms with E-state index in [9.17, 15) is 4.39 Å². The zero-order chi connectivity index (χ0) is 10.8. The molecular formula is C13H23F. The summed E-state index contributed by atoms with van der Waals surface area (Å²) < 4.78 is 13.7. The normalized spacial score (nSPS) is 29.4. The molecule has 0 bridgehead atoms. The minimum atomic E-state index is -0.642. The Bertz CT molecular complexity index is 217. The van der Waals surface area contributed by atoms with E-state index in [-0.39, 0.29) is 11.3 Å². The molecule has 82 valence electrons. The summed E-state index contributed by atoms with van der Waals surface area (Å²) in [5, 5.41) is 0. The minimum absolute atomic E-state index is 0.160. The maximum absolute atomic E-state index is 13.7. The predicted molar refractivity (Wildman–Crippen MR) is 60.1 cm³/mol. The fourth-order valence-electron chi connectivity index (χ4n) is 2.32. The minimum Gasteiger partial charge on any atom is -0.247 e. The Morgan fingerprint density at radius 1 is 1.50 bits per heavy atom. The number of halogens is 1. The molecule has 0 unspecified atom stereocenters. The zero-order valence-corrected chi connectivity index (χ0v) is 9.94. The van der Waals surface area contributed by atoms with Gasteiger partial charge in [0.25, 0.3) is 0 Å². The van der Waals surface area contributed by atoms with Gasteiger partial charge in [0.15, 0.2) is 0 Å². The van der Waals surface area contributed by atoms with Crippen LogP contribution in [0.1, 0.15) is 53.4 Å². The van der Waals surface area contributed by atoms with Crippen LogP contribution in [0.3, 0.4) is 0 Å². The number of alkyl halides is 1. The summed E-state index contributed by atoms with van der Waals surface area (Å²) in [6.07, 6.45) is 5.80. The summed E-state index contributed by atoms with van der Waals surface area (Å²) in [6, 6.07) is 0. The Balaban J connectivity index is 2.64. The van der Waals surface area contributed by atoms with E-state index in [2.05, 4.69) is 19.9 Å². The van der Waals surface area contributed by atoms with Crippen molar-refractivity contribution in [3.05, 3.63) is 11.6 Å². The van der Waals surface area contributed by atoms with Gasteiger partial charge < -0.3 is 0 Å². The van der Waals surface area contributed by atoms with Gasteiger partial charge in [-0.3, -0.25) is 0 Å². The standard InChI is InChI=1S/C13H23F/c1-5-13(7-6-11(4)8-13)9-12(14)10(2)3/h8,10,12H,5-7,9H2,1-4H3/t12-,13-/m1/s1. The smallest absolute Gasteiger partial charge is 0.103 e. The first kappa shape index (κ1) is 11.7. The number of hydrogen-bond donors (Lipinski definition) is 0. The quantitative estimate of drug-likeness (QED) is 0.583. The third-order valence-corrected chi connectivity index (χ3v) is 3.60. The van der Waals surface area contributed by atoms with Gasteiger partial charge >= 0.3 is 0 Å². The Hall–Kier alpha value is -0.330. The highest BCUT2D eigenvalue weighted by atomic mass is 19.1. The van der Waals surface area contributed by atoms with Gasteiger partial charge in [-0.2, -0.15) is 0 Å². The maximum atomic E-state index is 13.7. The molecule has 0 aromatic heterocycles. The van der Waals surface area contributed by atoms with Crippen molar-refractivity contribution in [1.82, 2.24) is 0 Å². The zero-order valence-electron chi connectivity index (χ0n) is 9.94. The van der Waals surface area contributed by atoms with E-state index in [1.54, 1.807) is 0 Å². The molecule has 1 heteroatoms. The first-order chi connectivity index (χ1) is 6.49. The molecule has 0 radical (unpaired) electrons. The molecule has 0 amide bonds. The Kier molecular flexibility index (Phi) is 3.74. The second-order valence-electron chi connectivity index (χ2n) is 5.17. The van der Waals surface area contributed by atoms with Crippen LogP contribution in [-0.4, -0.2) is 6.17 Å². The van der Waals surface area contributed by atoms with Gasteiger partial charge in [0.1, 0.15) is 6.17 Å². The second kappa shape index (κ2) is 4.46. The average molecular weight is 198 g/mol. The van der Waals surface area contributed by atoms with Crippen LogP contribution in [0.5, 0.6) is 0 Å². The Morgan fingerprint density at radius 2 is 2.14 bits per heavy atom. The molecule has 0 aliphatic heterocycles. The summed E-state index contributed by atoms with van der Waals surface area (Å²) in [4.78, 5) is 0. The molecule has 1 aliphatic carbocycles. The molecule has 1 rings (SSSR count). The summed E-state index contributed by atoms with van der Waals surface area (Å²) in [7, 11) is 0.